The molecule has 160 valence electrons. The Balaban J connectivity index is 1.87. The molecular formula is C19H23F3N2O4S. The van der Waals surface area contributed by atoms with Crippen LogP contribution in [0.5, 0.6) is 5.75 Å². The number of halogens is 3. The number of carbonyl (C=O) groups excluding carboxylic acids is 1. The lowest BCUT2D eigenvalue weighted by Gasteiger charge is -2.21. The lowest BCUT2D eigenvalue weighted by atomic mass is 9.93. The first-order valence-electron chi connectivity index (χ1n) is 9.46. The summed E-state index contributed by atoms with van der Waals surface area (Å²) >= 11 is 0. The van der Waals surface area contributed by atoms with E-state index in [9.17, 15) is 26.4 Å². The molecule has 0 bridgehead atoms. The van der Waals surface area contributed by atoms with Gasteiger partial charge in [0.25, 0.3) is 0 Å². The maximum atomic E-state index is 12.8. The highest BCUT2D eigenvalue weighted by atomic mass is 32.2. The molecule has 1 saturated heterocycles. The Kier molecular flexibility index (Phi) is 6.52. The van der Waals surface area contributed by atoms with Crippen LogP contribution in [0.1, 0.15) is 32.1 Å². The van der Waals surface area contributed by atoms with Crippen molar-refractivity contribution in [3.8, 4) is 5.75 Å². The summed E-state index contributed by atoms with van der Waals surface area (Å²) in [6.45, 7) is -0.754. The molecule has 1 aromatic carbocycles. The van der Waals surface area contributed by atoms with E-state index in [-0.39, 0.29) is 28.2 Å². The van der Waals surface area contributed by atoms with Gasteiger partial charge < -0.3 is 10.1 Å². The van der Waals surface area contributed by atoms with E-state index in [0.29, 0.717) is 25.9 Å². The van der Waals surface area contributed by atoms with E-state index in [1.807, 2.05) is 12.2 Å². The topological polar surface area (TPSA) is 75.7 Å². The summed E-state index contributed by atoms with van der Waals surface area (Å²) in [5, 5.41) is 2.57. The molecule has 29 heavy (non-hydrogen) atoms. The number of amides is 1. The number of rotatable bonds is 6. The van der Waals surface area contributed by atoms with Crippen LogP contribution >= 0.6 is 0 Å². The molecule has 1 fully saturated rings. The number of ether oxygens (including phenoxy) is 1. The number of carbonyl (C=O) groups is 1. The number of nitrogens with zero attached hydrogens (tertiary/aromatic N) is 1. The van der Waals surface area contributed by atoms with E-state index in [1.54, 1.807) is 0 Å². The average molecular weight is 432 g/mol. The van der Waals surface area contributed by atoms with Crippen LogP contribution in [-0.4, -0.2) is 44.5 Å². The summed E-state index contributed by atoms with van der Waals surface area (Å²) in [6.07, 6.45) is 2.67. The van der Waals surface area contributed by atoms with Gasteiger partial charge in [0.1, 0.15) is 5.75 Å². The second-order valence-electron chi connectivity index (χ2n) is 7.14. The van der Waals surface area contributed by atoms with Gasteiger partial charge in [-0.25, -0.2) is 8.42 Å². The van der Waals surface area contributed by atoms with E-state index < -0.39 is 22.8 Å². The lowest BCUT2D eigenvalue weighted by molar-refractivity contribution is -0.153. The van der Waals surface area contributed by atoms with Gasteiger partial charge in [-0.1, -0.05) is 12.2 Å². The molecular weight excluding hydrogens is 409 g/mol. The minimum absolute atomic E-state index is 0.0749. The van der Waals surface area contributed by atoms with Crippen molar-refractivity contribution in [2.24, 2.45) is 5.92 Å². The lowest BCUT2D eigenvalue weighted by Crippen LogP contribution is -2.28. The van der Waals surface area contributed by atoms with Crippen molar-refractivity contribution in [3.63, 3.8) is 0 Å². The van der Waals surface area contributed by atoms with Crippen LogP contribution in [0.3, 0.4) is 0 Å². The van der Waals surface area contributed by atoms with Crippen LogP contribution in [0, 0.1) is 5.92 Å². The van der Waals surface area contributed by atoms with E-state index in [0.717, 1.165) is 25.3 Å². The molecule has 1 amide bonds. The molecule has 1 atom stereocenters. The first kappa shape index (κ1) is 21.6. The highest BCUT2D eigenvalue weighted by Crippen LogP contribution is 2.32. The van der Waals surface area contributed by atoms with Crippen molar-refractivity contribution < 1.29 is 31.1 Å². The Morgan fingerprint density at radius 3 is 2.55 bits per heavy atom. The molecule has 1 unspecified atom stereocenters. The first-order valence-corrected chi connectivity index (χ1v) is 10.9. The number of allylic oxidation sites excluding steroid dienone is 2. The predicted octanol–water partition coefficient (Wildman–Crippen LogP) is 3.71. The molecule has 1 N–H and O–H groups in total. The number of alkyl halides is 3. The van der Waals surface area contributed by atoms with Gasteiger partial charge in [0.05, 0.1) is 10.6 Å². The van der Waals surface area contributed by atoms with Gasteiger partial charge in [-0.15, -0.1) is 0 Å². The Morgan fingerprint density at radius 2 is 1.93 bits per heavy atom. The number of benzene rings is 1. The number of nitrogens with one attached hydrogen (secondary N) is 1. The quantitative estimate of drug-likeness (QED) is 0.696. The zero-order chi connectivity index (χ0) is 21.1. The molecule has 0 aromatic heterocycles. The van der Waals surface area contributed by atoms with Gasteiger partial charge >= 0.3 is 6.18 Å². The number of hydrogen-bond acceptors (Lipinski definition) is 4. The number of hydrogen-bond donors (Lipinski definition) is 1. The molecule has 1 heterocycles. The van der Waals surface area contributed by atoms with E-state index in [1.165, 1.54) is 16.4 Å². The standard InChI is InChI=1S/C19H23F3N2O4S/c20-19(21,22)13-28-17-9-8-15(29(26,27)24-10-4-5-11-24)12-16(17)23-18(25)14-6-2-1-3-7-14/h1-2,8-9,12,14H,3-7,10-11,13H2,(H,23,25). The van der Waals surface area contributed by atoms with Crippen LogP contribution in [0.15, 0.2) is 35.2 Å². The summed E-state index contributed by atoms with van der Waals surface area (Å²) < 4.78 is 69.5. The maximum Gasteiger partial charge on any atom is 0.422 e. The molecule has 3 rings (SSSR count). The Labute approximate surface area is 167 Å². The predicted molar refractivity (Wildman–Crippen MR) is 101 cm³/mol. The summed E-state index contributed by atoms with van der Waals surface area (Å²) in [7, 11) is -3.79. The zero-order valence-corrected chi connectivity index (χ0v) is 16.6. The molecule has 2 aliphatic rings. The third-order valence-corrected chi connectivity index (χ3v) is 6.84. The normalized spacial score (nSPS) is 20.6. The highest BCUT2D eigenvalue weighted by molar-refractivity contribution is 7.89. The van der Waals surface area contributed by atoms with Crippen LogP contribution in [-0.2, 0) is 14.8 Å². The van der Waals surface area contributed by atoms with Crippen LogP contribution in [0.25, 0.3) is 0 Å². The molecule has 0 radical (unpaired) electrons. The second-order valence-corrected chi connectivity index (χ2v) is 9.08. The number of anilines is 1. The van der Waals surface area contributed by atoms with Crippen molar-refractivity contribution in [1.29, 1.82) is 0 Å². The fourth-order valence-corrected chi connectivity index (χ4v) is 4.94. The molecule has 10 heteroatoms. The highest BCUT2D eigenvalue weighted by Gasteiger charge is 2.31. The molecule has 0 saturated carbocycles. The van der Waals surface area contributed by atoms with E-state index in [2.05, 4.69) is 5.32 Å². The minimum atomic E-state index is -4.56. The second kappa shape index (κ2) is 8.74. The van der Waals surface area contributed by atoms with Gasteiger partial charge in [0, 0.05) is 19.0 Å². The fourth-order valence-electron chi connectivity index (χ4n) is 3.40. The fraction of sp³-hybridized carbons (Fsp3) is 0.526. The maximum absolute atomic E-state index is 12.8. The molecule has 1 aliphatic carbocycles. The van der Waals surface area contributed by atoms with Gasteiger partial charge in [-0.3, -0.25) is 4.79 Å². The average Bonchev–Trinajstić information content (AvgIpc) is 3.22. The Hall–Kier alpha value is -2.07. The van der Waals surface area contributed by atoms with E-state index >= 15 is 0 Å². The summed E-state index contributed by atoms with van der Waals surface area (Å²) in [4.78, 5) is 12.5. The molecule has 1 aromatic rings. The minimum Gasteiger partial charge on any atom is -0.482 e. The molecule has 0 spiro atoms. The third kappa shape index (κ3) is 5.51. The van der Waals surface area contributed by atoms with Crippen molar-refractivity contribution in [1.82, 2.24) is 4.31 Å². The van der Waals surface area contributed by atoms with Crippen LogP contribution in [0.2, 0.25) is 0 Å². The molecule has 6 nitrogen and oxygen atoms in total. The SMILES string of the molecule is O=C(Nc1cc(S(=O)(=O)N2CCCC2)ccc1OCC(F)(F)F)C1CC=CCC1. The van der Waals surface area contributed by atoms with Gasteiger partial charge in [-0.2, -0.15) is 17.5 Å². The Morgan fingerprint density at radius 1 is 1.21 bits per heavy atom. The summed E-state index contributed by atoms with van der Waals surface area (Å²) in [5.74, 6) is -0.918. The van der Waals surface area contributed by atoms with E-state index in [4.69, 9.17) is 4.74 Å². The van der Waals surface area contributed by atoms with Crippen molar-refractivity contribution in [2.75, 3.05) is 25.0 Å². The summed E-state index contributed by atoms with van der Waals surface area (Å²) in [5.41, 5.74) is -0.0749. The van der Waals surface area contributed by atoms with Gasteiger partial charge in [0.15, 0.2) is 6.61 Å². The van der Waals surface area contributed by atoms with Crippen molar-refractivity contribution in [3.05, 3.63) is 30.4 Å². The summed E-state index contributed by atoms with van der Waals surface area (Å²) in [6, 6.07) is 3.54. The zero-order valence-electron chi connectivity index (χ0n) is 15.7. The van der Waals surface area contributed by atoms with Crippen molar-refractivity contribution >= 4 is 21.6 Å². The van der Waals surface area contributed by atoms with Crippen LogP contribution < -0.4 is 10.1 Å². The molecule has 1 aliphatic heterocycles. The Bertz CT molecular complexity index is 878. The number of sulfonamides is 1. The smallest absolute Gasteiger partial charge is 0.422 e. The first-order chi connectivity index (χ1) is 13.7. The van der Waals surface area contributed by atoms with Gasteiger partial charge in [-0.05, 0) is 50.3 Å². The largest absolute Gasteiger partial charge is 0.482 e. The monoisotopic (exact) mass is 432 g/mol. The van der Waals surface area contributed by atoms with Gasteiger partial charge in [0.2, 0.25) is 15.9 Å². The van der Waals surface area contributed by atoms with Crippen molar-refractivity contribution in [2.45, 2.75) is 43.2 Å². The third-order valence-electron chi connectivity index (χ3n) is 4.94. The van der Waals surface area contributed by atoms with Crippen LogP contribution in [0.4, 0.5) is 18.9 Å².